The van der Waals surface area contributed by atoms with Gasteiger partial charge in [-0.1, -0.05) is 0 Å². The second kappa shape index (κ2) is 7.84. The molecule has 1 aliphatic rings. The predicted octanol–water partition coefficient (Wildman–Crippen LogP) is 3.30. The summed E-state index contributed by atoms with van der Waals surface area (Å²) in [7, 11) is 0. The number of aromatic nitrogens is 2. The maximum Gasteiger partial charge on any atom is 0.416 e. The highest BCUT2D eigenvalue weighted by Crippen LogP contribution is 2.35. The Morgan fingerprint density at radius 1 is 1.28 bits per heavy atom. The lowest BCUT2D eigenvalue weighted by Crippen LogP contribution is -2.19. The van der Waals surface area contributed by atoms with E-state index in [1.54, 1.807) is 6.92 Å². The monoisotopic (exact) mass is 412 g/mol. The number of carboxylic acid groups (broad SMARTS) is 1. The summed E-state index contributed by atoms with van der Waals surface area (Å²) in [6.45, 7) is 3.63. The van der Waals surface area contributed by atoms with E-state index >= 15 is 0 Å². The summed E-state index contributed by atoms with van der Waals surface area (Å²) in [5.41, 5.74) is 4.74. The van der Waals surface area contributed by atoms with E-state index in [9.17, 15) is 23.1 Å². The van der Waals surface area contributed by atoms with Gasteiger partial charge in [0, 0.05) is 5.69 Å². The number of aryl methyl sites for hydroxylation is 1. The van der Waals surface area contributed by atoms with Gasteiger partial charge in [0.2, 0.25) is 0 Å². The summed E-state index contributed by atoms with van der Waals surface area (Å²) in [6.07, 6.45) is -5.55. The number of anilines is 2. The first-order chi connectivity index (χ1) is 13.6. The SMILES string of the molecule is Cc1nc(N[C@H](C)c2cc(N)cc(C(F)(F)F)c2)c(C2OCCO2)c(C(=O)O)n1. The molecule has 156 valence electrons. The van der Waals surface area contributed by atoms with Gasteiger partial charge >= 0.3 is 12.1 Å². The molecule has 1 saturated heterocycles. The second-order valence-electron chi connectivity index (χ2n) is 6.51. The van der Waals surface area contributed by atoms with Gasteiger partial charge in [0.15, 0.2) is 12.0 Å². The fraction of sp³-hybridized carbons (Fsp3) is 0.389. The van der Waals surface area contributed by atoms with Crippen LogP contribution >= 0.6 is 0 Å². The van der Waals surface area contributed by atoms with Crippen molar-refractivity contribution in [2.75, 3.05) is 24.3 Å². The molecule has 3 rings (SSSR count). The van der Waals surface area contributed by atoms with Crippen LogP contribution in [0, 0.1) is 6.92 Å². The van der Waals surface area contributed by atoms with Crippen molar-refractivity contribution >= 4 is 17.5 Å². The average Bonchev–Trinajstić information content (AvgIpc) is 3.14. The van der Waals surface area contributed by atoms with Crippen LogP contribution in [0.4, 0.5) is 24.7 Å². The van der Waals surface area contributed by atoms with Crippen LogP contribution in [0.15, 0.2) is 18.2 Å². The number of hydrogen-bond donors (Lipinski definition) is 3. The number of aromatic carboxylic acids is 1. The smallest absolute Gasteiger partial charge is 0.416 e. The van der Waals surface area contributed by atoms with Crippen molar-refractivity contribution < 1.29 is 32.5 Å². The van der Waals surface area contributed by atoms with Crippen molar-refractivity contribution in [3.63, 3.8) is 0 Å². The second-order valence-corrected chi connectivity index (χ2v) is 6.51. The highest BCUT2D eigenvalue weighted by Gasteiger charge is 2.33. The molecule has 0 radical (unpaired) electrons. The van der Waals surface area contributed by atoms with Crippen LogP contribution < -0.4 is 11.1 Å². The molecule has 0 amide bonds. The summed E-state index contributed by atoms with van der Waals surface area (Å²) in [5, 5.41) is 12.5. The van der Waals surface area contributed by atoms with Gasteiger partial charge in [-0.15, -0.1) is 0 Å². The van der Waals surface area contributed by atoms with Crippen LogP contribution in [-0.4, -0.2) is 34.3 Å². The fourth-order valence-corrected chi connectivity index (χ4v) is 2.98. The zero-order valence-corrected chi connectivity index (χ0v) is 15.6. The lowest BCUT2D eigenvalue weighted by atomic mass is 10.0. The molecule has 4 N–H and O–H groups in total. The predicted molar refractivity (Wildman–Crippen MR) is 96.3 cm³/mol. The van der Waals surface area contributed by atoms with Crippen molar-refractivity contribution in [3.05, 3.63) is 46.4 Å². The third kappa shape index (κ3) is 4.57. The van der Waals surface area contributed by atoms with E-state index in [-0.39, 0.29) is 47.4 Å². The third-order valence-corrected chi connectivity index (χ3v) is 4.28. The van der Waals surface area contributed by atoms with E-state index < -0.39 is 30.0 Å². The number of hydrogen-bond acceptors (Lipinski definition) is 7. The quantitative estimate of drug-likeness (QED) is 0.640. The molecule has 1 aromatic heterocycles. The minimum Gasteiger partial charge on any atom is -0.476 e. The van der Waals surface area contributed by atoms with Crippen molar-refractivity contribution in [1.29, 1.82) is 0 Å². The maximum atomic E-state index is 13.1. The van der Waals surface area contributed by atoms with E-state index in [1.807, 2.05) is 0 Å². The summed E-state index contributed by atoms with van der Waals surface area (Å²) in [6, 6.07) is 2.54. The molecule has 0 saturated carbocycles. The van der Waals surface area contributed by atoms with Gasteiger partial charge in [0.05, 0.1) is 30.4 Å². The molecule has 1 aliphatic heterocycles. The van der Waals surface area contributed by atoms with Crippen LogP contribution in [0.25, 0.3) is 0 Å². The minimum absolute atomic E-state index is 0.0451. The standard InChI is InChI=1S/C18H19F3N4O4/c1-8(10-5-11(18(19,20)21)7-12(22)6-10)23-15-13(17-28-3-4-29-17)14(16(26)27)24-9(2)25-15/h5-8,17H,3-4,22H2,1-2H3,(H,26,27)(H,23,24,25)/t8-/m1/s1. The Bertz CT molecular complexity index is 930. The summed E-state index contributed by atoms with van der Waals surface area (Å²) < 4.78 is 50.1. The van der Waals surface area contributed by atoms with Gasteiger partial charge in [-0.25, -0.2) is 14.8 Å². The van der Waals surface area contributed by atoms with Gasteiger partial charge in [0.25, 0.3) is 0 Å². The first kappa shape index (κ1) is 20.8. The number of rotatable bonds is 5. The zero-order valence-electron chi connectivity index (χ0n) is 15.6. The number of nitrogens with two attached hydrogens (primary N) is 1. The molecular weight excluding hydrogens is 393 g/mol. The Morgan fingerprint density at radius 2 is 1.93 bits per heavy atom. The molecule has 8 nitrogen and oxygen atoms in total. The molecule has 2 aromatic rings. The Hall–Kier alpha value is -2.92. The Kier molecular flexibility index (Phi) is 5.62. The lowest BCUT2D eigenvalue weighted by Gasteiger charge is -2.22. The van der Waals surface area contributed by atoms with Gasteiger partial charge in [0.1, 0.15) is 11.6 Å². The van der Waals surface area contributed by atoms with E-state index in [0.29, 0.717) is 0 Å². The molecule has 0 bridgehead atoms. The summed E-state index contributed by atoms with van der Waals surface area (Å²) in [5.74, 6) is -1.03. The van der Waals surface area contributed by atoms with Crippen molar-refractivity contribution in [3.8, 4) is 0 Å². The number of nitrogens with one attached hydrogen (secondary N) is 1. The van der Waals surface area contributed by atoms with Crippen molar-refractivity contribution in [1.82, 2.24) is 9.97 Å². The van der Waals surface area contributed by atoms with Gasteiger partial charge in [-0.3, -0.25) is 0 Å². The normalized spacial score (nSPS) is 16.0. The van der Waals surface area contributed by atoms with Crippen LogP contribution in [0.1, 0.15) is 52.3 Å². The first-order valence-corrected chi connectivity index (χ1v) is 8.65. The van der Waals surface area contributed by atoms with E-state index in [0.717, 1.165) is 12.1 Å². The van der Waals surface area contributed by atoms with Crippen LogP contribution in [0.3, 0.4) is 0 Å². The molecular formula is C18H19F3N4O4. The zero-order chi connectivity index (χ0) is 21.3. The van der Waals surface area contributed by atoms with Gasteiger partial charge in [-0.2, -0.15) is 13.2 Å². The number of carbonyl (C=O) groups is 1. The molecule has 0 aliphatic carbocycles. The number of ether oxygens (including phenoxy) is 2. The van der Waals surface area contributed by atoms with Crippen LogP contribution in [-0.2, 0) is 15.7 Å². The first-order valence-electron chi connectivity index (χ1n) is 8.65. The van der Waals surface area contributed by atoms with Gasteiger partial charge in [-0.05, 0) is 37.6 Å². The van der Waals surface area contributed by atoms with E-state index in [4.69, 9.17) is 15.2 Å². The average molecular weight is 412 g/mol. The number of benzene rings is 1. The molecule has 29 heavy (non-hydrogen) atoms. The Labute approximate surface area is 163 Å². The molecule has 2 heterocycles. The molecule has 1 atom stereocenters. The van der Waals surface area contributed by atoms with E-state index in [1.165, 1.54) is 13.0 Å². The van der Waals surface area contributed by atoms with Gasteiger partial charge < -0.3 is 25.6 Å². The summed E-state index contributed by atoms with van der Waals surface area (Å²) in [4.78, 5) is 19.8. The number of alkyl halides is 3. The minimum atomic E-state index is -4.55. The Morgan fingerprint density at radius 3 is 2.52 bits per heavy atom. The molecule has 1 aromatic carbocycles. The van der Waals surface area contributed by atoms with Crippen LogP contribution in [0.2, 0.25) is 0 Å². The number of nitrogens with zero attached hydrogens (tertiary/aromatic N) is 2. The number of nitrogen functional groups attached to an aromatic ring is 1. The highest BCUT2D eigenvalue weighted by molar-refractivity contribution is 5.88. The largest absolute Gasteiger partial charge is 0.476 e. The number of halogens is 3. The van der Waals surface area contributed by atoms with Crippen molar-refractivity contribution in [2.45, 2.75) is 32.4 Å². The molecule has 11 heteroatoms. The Balaban J connectivity index is 2.01. The lowest BCUT2D eigenvalue weighted by molar-refractivity contribution is -0.137. The third-order valence-electron chi connectivity index (χ3n) is 4.28. The fourth-order valence-electron chi connectivity index (χ4n) is 2.98. The highest BCUT2D eigenvalue weighted by atomic mass is 19.4. The van der Waals surface area contributed by atoms with Crippen molar-refractivity contribution in [2.24, 2.45) is 0 Å². The van der Waals surface area contributed by atoms with Crippen LogP contribution in [0.5, 0.6) is 0 Å². The molecule has 0 unspecified atom stereocenters. The van der Waals surface area contributed by atoms with E-state index in [2.05, 4.69) is 15.3 Å². The topological polar surface area (TPSA) is 120 Å². The molecule has 0 spiro atoms. The summed E-state index contributed by atoms with van der Waals surface area (Å²) >= 11 is 0. The maximum absolute atomic E-state index is 13.1. The molecule has 1 fully saturated rings. The number of carboxylic acids is 1.